The number of aromatic nitrogens is 6. The molecule has 2 aliphatic rings. The number of halogens is 1. The van der Waals surface area contributed by atoms with Crippen LogP contribution < -0.4 is 14.8 Å². The zero-order chi connectivity index (χ0) is 24.5. The van der Waals surface area contributed by atoms with E-state index in [2.05, 4.69) is 37.3 Å². The minimum Gasteiger partial charge on any atom is -0.492 e. The van der Waals surface area contributed by atoms with Crippen LogP contribution in [0.4, 0.5) is 0 Å². The first kappa shape index (κ1) is 23.5. The van der Waals surface area contributed by atoms with E-state index >= 15 is 0 Å². The van der Waals surface area contributed by atoms with Crippen LogP contribution in [-0.4, -0.2) is 79.5 Å². The van der Waals surface area contributed by atoms with Crippen molar-refractivity contribution in [1.82, 2.24) is 39.9 Å². The van der Waals surface area contributed by atoms with Gasteiger partial charge in [-0.2, -0.15) is 4.98 Å². The molecule has 1 saturated carbocycles. The maximum atomic E-state index is 6.78. The molecule has 0 radical (unpaired) electrons. The smallest absolute Gasteiger partial charge is 0.245 e. The van der Waals surface area contributed by atoms with Gasteiger partial charge in [0.15, 0.2) is 11.2 Å². The molecule has 4 aromatic rings. The number of imidazole rings is 1. The lowest BCUT2D eigenvalue weighted by atomic mass is 10.2. The molecule has 0 unspecified atom stereocenters. The van der Waals surface area contributed by atoms with Crippen LogP contribution in [0.3, 0.4) is 0 Å². The van der Waals surface area contributed by atoms with Crippen LogP contribution >= 0.6 is 22.9 Å². The number of rotatable bonds is 9. The predicted molar refractivity (Wildman–Crippen MR) is 138 cm³/mol. The maximum Gasteiger partial charge on any atom is 0.245 e. The number of nitrogens with one attached hydrogen (secondary N) is 1. The summed E-state index contributed by atoms with van der Waals surface area (Å²) in [6, 6.07) is 5.72. The van der Waals surface area contributed by atoms with Gasteiger partial charge in [0.25, 0.3) is 0 Å². The molecule has 1 aliphatic heterocycles. The lowest BCUT2D eigenvalue weighted by Crippen LogP contribution is -2.44. The summed E-state index contributed by atoms with van der Waals surface area (Å²) in [6.45, 7) is 8.17. The van der Waals surface area contributed by atoms with Crippen molar-refractivity contribution in [1.29, 1.82) is 0 Å². The number of piperazine rings is 1. The van der Waals surface area contributed by atoms with Gasteiger partial charge in [0.1, 0.15) is 40.6 Å². The zero-order valence-corrected chi connectivity index (χ0v) is 21.6. The van der Waals surface area contributed by atoms with Crippen LogP contribution in [0.25, 0.3) is 22.6 Å². The zero-order valence-electron chi connectivity index (χ0n) is 20.0. The second-order valence-corrected chi connectivity index (χ2v) is 10.7. The lowest BCUT2D eigenvalue weighted by Gasteiger charge is -2.26. The van der Waals surface area contributed by atoms with Gasteiger partial charge < -0.3 is 19.4 Å². The molecule has 1 N–H and O–H groups in total. The first-order valence-electron chi connectivity index (χ1n) is 12.1. The first-order valence-corrected chi connectivity index (χ1v) is 13.3. The summed E-state index contributed by atoms with van der Waals surface area (Å²) in [7, 11) is 0. The van der Waals surface area contributed by atoms with Gasteiger partial charge in [-0.15, -0.1) is 21.5 Å². The molecule has 0 bridgehead atoms. The Hall–Kier alpha value is -2.86. The normalized spacial score (nSPS) is 17.4. The summed E-state index contributed by atoms with van der Waals surface area (Å²) in [5.74, 6) is 1.89. The summed E-state index contributed by atoms with van der Waals surface area (Å²) in [4.78, 5) is 16.2. The predicted octanol–water partition coefficient (Wildman–Crippen LogP) is 3.26. The Kier molecular flexibility index (Phi) is 6.46. The van der Waals surface area contributed by atoms with Gasteiger partial charge in [-0.25, -0.2) is 9.97 Å². The average Bonchev–Trinajstić information content (AvgIpc) is 3.25. The van der Waals surface area contributed by atoms with E-state index in [1.165, 1.54) is 17.7 Å². The summed E-state index contributed by atoms with van der Waals surface area (Å²) >= 11 is 8.26. The molecule has 3 aromatic heterocycles. The summed E-state index contributed by atoms with van der Waals surface area (Å²) in [5.41, 5.74) is 3.58. The highest BCUT2D eigenvalue weighted by atomic mass is 35.5. The number of hydrogen-bond donors (Lipinski definition) is 1. The number of benzene rings is 1. The number of hydrogen-bond acceptors (Lipinski definition) is 10. The minimum atomic E-state index is -0.189. The molecule has 10 nitrogen and oxygen atoms in total. The van der Waals surface area contributed by atoms with Crippen molar-refractivity contribution in [3.05, 3.63) is 40.1 Å². The fourth-order valence-electron chi connectivity index (χ4n) is 4.25. The second kappa shape index (κ2) is 9.89. The topological polar surface area (TPSA) is 103 Å². The van der Waals surface area contributed by atoms with Crippen molar-refractivity contribution in [2.45, 2.75) is 31.9 Å². The van der Waals surface area contributed by atoms with E-state index in [0.29, 0.717) is 41.0 Å². The van der Waals surface area contributed by atoms with Gasteiger partial charge >= 0.3 is 0 Å². The molecule has 1 saturated heterocycles. The van der Waals surface area contributed by atoms with Crippen LogP contribution in [0.15, 0.2) is 30.0 Å². The maximum absolute atomic E-state index is 6.78. The highest BCUT2D eigenvalue weighted by molar-refractivity contribution is 7.09. The van der Waals surface area contributed by atoms with Crippen molar-refractivity contribution < 1.29 is 9.47 Å². The molecule has 2 fully saturated rings. The van der Waals surface area contributed by atoms with Crippen molar-refractivity contribution in [3.8, 4) is 23.0 Å². The molecular formula is C24H27ClN8O2S. The molecule has 0 amide bonds. The Balaban J connectivity index is 1.30. The fourth-order valence-corrected chi connectivity index (χ4v) is 5.02. The Morgan fingerprint density at radius 2 is 2.06 bits per heavy atom. The standard InChI is InChI=1S/C24H27ClN8O2S/c1-24(4-5-24)35-23-20-22(27-14-28-23)33(13-19-31-29-15-36-19)21(30-20)17-3-2-16(12-18(17)25)34-11-10-32-8-6-26-7-9-32/h2-3,12,14-15,26H,4-11,13H2,1H3. The van der Waals surface area contributed by atoms with Gasteiger partial charge in [-0.1, -0.05) is 11.6 Å². The SMILES string of the molecule is CC1(Oc2ncnc3c2nc(-c2ccc(OCCN4CCNCC4)cc2Cl)n3Cc2nncs2)CC1. The molecule has 6 rings (SSSR count). The number of ether oxygens (including phenoxy) is 2. The average molecular weight is 527 g/mol. The summed E-state index contributed by atoms with van der Waals surface area (Å²) in [6.07, 6.45) is 3.51. The van der Waals surface area contributed by atoms with E-state index in [1.54, 1.807) is 5.51 Å². The highest BCUT2D eigenvalue weighted by Crippen LogP contribution is 2.41. The van der Waals surface area contributed by atoms with Gasteiger partial charge in [-0.05, 0) is 38.0 Å². The third-order valence-electron chi connectivity index (χ3n) is 6.56. The van der Waals surface area contributed by atoms with E-state index in [4.69, 9.17) is 26.1 Å². The van der Waals surface area contributed by atoms with Gasteiger partial charge in [0.2, 0.25) is 5.88 Å². The van der Waals surface area contributed by atoms with E-state index in [9.17, 15) is 0 Å². The molecule has 1 aromatic carbocycles. The Bertz CT molecular complexity index is 1350. The Morgan fingerprint density at radius 1 is 1.19 bits per heavy atom. The second-order valence-electron chi connectivity index (χ2n) is 9.34. The summed E-state index contributed by atoms with van der Waals surface area (Å²) < 4.78 is 14.2. The molecule has 36 heavy (non-hydrogen) atoms. The molecule has 12 heteroatoms. The van der Waals surface area contributed by atoms with Crippen LogP contribution in [0.2, 0.25) is 5.02 Å². The highest BCUT2D eigenvalue weighted by Gasteiger charge is 2.41. The van der Waals surface area contributed by atoms with Crippen molar-refractivity contribution >= 4 is 34.1 Å². The largest absolute Gasteiger partial charge is 0.492 e. The quantitative estimate of drug-likeness (QED) is 0.352. The van der Waals surface area contributed by atoms with Gasteiger partial charge in [0, 0.05) is 38.3 Å². The van der Waals surface area contributed by atoms with E-state index in [1.807, 2.05) is 22.8 Å². The molecular weight excluding hydrogens is 500 g/mol. The molecule has 1 aliphatic carbocycles. The minimum absolute atomic E-state index is 0.189. The molecule has 4 heterocycles. The first-order chi connectivity index (χ1) is 17.6. The molecule has 0 spiro atoms. The van der Waals surface area contributed by atoms with Crippen LogP contribution in [0, 0.1) is 0 Å². The van der Waals surface area contributed by atoms with Crippen molar-refractivity contribution in [3.63, 3.8) is 0 Å². The monoisotopic (exact) mass is 526 g/mol. The van der Waals surface area contributed by atoms with E-state index < -0.39 is 0 Å². The van der Waals surface area contributed by atoms with Crippen molar-refractivity contribution in [2.75, 3.05) is 39.3 Å². The third-order valence-corrected chi connectivity index (χ3v) is 7.56. The summed E-state index contributed by atoms with van der Waals surface area (Å²) in [5, 5.41) is 13.0. The lowest BCUT2D eigenvalue weighted by molar-refractivity contribution is 0.191. The van der Waals surface area contributed by atoms with Crippen LogP contribution in [0.5, 0.6) is 11.6 Å². The van der Waals surface area contributed by atoms with Gasteiger partial charge in [0.05, 0.1) is 11.6 Å². The Morgan fingerprint density at radius 3 is 2.81 bits per heavy atom. The molecule has 0 atom stereocenters. The molecule has 188 valence electrons. The van der Waals surface area contributed by atoms with E-state index in [0.717, 1.165) is 61.9 Å². The fraction of sp³-hybridized carbons (Fsp3) is 0.458. The van der Waals surface area contributed by atoms with Crippen LogP contribution in [0.1, 0.15) is 24.8 Å². The van der Waals surface area contributed by atoms with Crippen molar-refractivity contribution in [2.24, 2.45) is 0 Å². The van der Waals surface area contributed by atoms with Gasteiger partial charge in [-0.3, -0.25) is 4.90 Å². The van der Waals surface area contributed by atoms with Crippen LogP contribution in [-0.2, 0) is 6.54 Å². The third kappa shape index (κ3) is 5.01. The van der Waals surface area contributed by atoms with E-state index in [-0.39, 0.29) is 5.60 Å². The number of nitrogens with zero attached hydrogens (tertiary/aromatic N) is 7. The Labute approximate surface area is 217 Å². The number of fused-ring (bicyclic) bond motifs is 1.